The van der Waals surface area contributed by atoms with Gasteiger partial charge in [0, 0.05) is 23.4 Å². The van der Waals surface area contributed by atoms with Gasteiger partial charge in [-0.15, -0.1) is 11.3 Å². The maximum absolute atomic E-state index is 13.0. The number of ether oxygens (including phenoxy) is 1. The first-order valence-electron chi connectivity index (χ1n) is 12.1. The summed E-state index contributed by atoms with van der Waals surface area (Å²) < 4.78 is 11.9. The molecule has 39 heavy (non-hydrogen) atoms. The van der Waals surface area contributed by atoms with E-state index in [1.165, 1.54) is 24.0 Å². The lowest BCUT2D eigenvalue weighted by Crippen LogP contribution is -2.17. The highest BCUT2D eigenvalue weighted by molar-refractivity contribution is 7.18. The zero-order valence-electron chi connectivity index (χ0n) is 21.5. The molecule has 0 spiro atoms. The maximum atomic E-state index is 13.0. The Morgan fingerprint density at radius 1 is 1.10 bits per heavy atom. The number of carbonyl (C=O) groups is 2. The average Bonchev–Trinajstić information content (AvgIpc) is 3.60. The molecule has 0 bridgehead atoms. The van der Waals surface area contributed by atoms with Gasteiger partial charge in [-0.25, -0.2) is 9.97 Å². The number of hydrogen-bond donors (Lipinski definition) is 1. The summed E-state index contributed by atoms with van der Waals surface area (Å²) in [5.41, 5.74) is 3.09. The molecule has 0 saturated carbocycles. The Hall–Kier alpha value is -4.81. The normalized spacial score (nSPS) is 11.2. The molecule has 0 atom stereocenters. The van der Waals surface area contributed by atoms with Crippen molar-refractivity contribution in [3.63, 3.8) is 0 Å². The molecule has 0 aliphatic rings. The van der Waals surface area contributed by atoms with Crippen molar-refractivity contribution in [1.29, 1.82) is 5.26 Å². The van der Waals surface area contributed by atoms with Crippen LogP contribution in [-0.4, -0.2) is 21.7 Å². The van der Waals surface area contributed by atoms with Crippen molar-refractivity contribution in [2.45, 2.75) is 32.6 Å². The van der Waals surface area contributed by atoms with Gasteiger partial charge in [-0.1, -0.05) is 18.2 Å². The zero-order valence-corrected chi connectivity index (χ0v) is 22.3. The topological polar surface area (TPSA) is 118 Å². The van der Waals surface area contributed by atoms with Crippen LogP contribution in [0.15, 0.2) is 77.7 Å². The average molecular weight is 537 g/mol. The van der Waals surface area contributed by atoms with Crippen LogP contribution in [0.1, 0.15) is 50.8 Å². The number of anilines is 1. The second-order valence-corrected chi connectivity index (χ2v) is 10.7. The lowest BCUT2D eigenvalue weighted by molar-refractivity contribution is 0.0986. The van der Waals surface area contributed by atoms with Crippen LogP contribution < -0.4 is 10.1 Å². The summed E-state index contributed by atoms with van der Waals surface area (Å²) in [6.45, 7) is 5.54. The molecule has 2 heterocycles. The van der Waals surface area contributed by atoms with E-state index < -0.39 is 5.41 Å². The number of carbonyl (C=O) groups excluding carboxylic acids is 2. The molecule has 3 aromatic carbocycles. The van der Waals surface area contributed by atoms with Crippen molar-refractivity contribution >= 4 is 38.9 Å². The number of nitriles is 1. The number of hydrogen-bond acceptors (Lipinski definition) is 8. The van der Waals surface area contributed by atoms with E-state index in [1.807, 2.05) is 57.2 Å². The smallest absolute Gasteiger partial charge is 0.255 e. The lowest BCUT2D eigenvalue weighted by Gasteiger charge is -2.17. The molecular formula is C30H24N4O4S. The lowest BCUT2D eigenvalue weighted by atomic mass is 9.85. The van der Waals surface area contributed by atoms with Crippen LogP contribution in [-0.2, 0) is 11.8 Å². The number of aromatic nitrogens is 2. The van der Waals surface area contributed by atoms with E-state index in [2.05, 4.69) is 21.4 Å². The number of aryl methyl sites for hydroxylation is 1. The van der Waals surface area contributed by atoms with Gasteiger partial charge in [0.15, 0.2) is 12.2 Å². The molecule has 0 aliphatic carbocycles. The number of amides is 1. The van der Waals surface area contributed by atoms with Crippen molar-refractivity contribution in [2.24, 2.45) is 0 Å². The number of thiazole rings is 1. The largest absolute Gasteiger partial charge is 0.457 e. The maximum Gasteiger partial charge on any atom is 0.255 e. The number of nitrogens with one attached hydrogen (secondary N) is 1. The third-order valence-electron chi connectivity index (χ3n) is 6.25. The number of benzene rings is 3. The Morgan fingerprint density at radius 2 is 1.90 bits per heavy atom. The number of oxazole rings is 1. The van der Waals surface area contributed by atoms with Crippen LogP contribution in [0.2, 0.25) is 0 Å². The minimum absolute atomic E-state index is 0.139. The molecule has 0 radical (unpaired) electrons. The predicted molar refractivity (Wildman–Crippen MR) is 148 cm³/mol. The summed E-state index contributed by atoms with van der Waals surface area (Å²) in [6, 6.07) is 20.4. The number of Topliss-reactive ketones (excluding diaryl/α,β-unsaturated/α-hetero) is 1. The number of fused-ring (bicyclic) bond motifs is 1. The number of rotatable bonds is 8. The third-order valence-corrected chi connectivity index (χ3v) is 7.27. The molecule has 1 amide bonds. The molecule has 9 heteroatoms. The fraction of sp³-hybridized carbons (Fsp3) is 0.167. The Morgan fingerprint density at radius 3 is 2.67 bits per heavy atom. The van der Waals surface area contributed by atoms with Crippen LogP contribution in [0, 0.1) is 18.3 Å². The minimum Gasteiger partial charge on any atom is -0.457 e. The van der Waals surface area contributed by atoms with Gasteiger partial charge in [-0.05, 0) is 62.2 Å². The summed E-state index contributed by atoms with van der Waals surface area (Å²) in [5, 5.41) is 13.1. The first kappa shape index (κ1) is 25.8. The van der Waals surface area contributed by atoms with Gasteiger partial charge in [0.1, 0.15) is 28.5 Å². The monoisotopic (exact) mass is 536 g/mol. The molecular weight excluding hydrogens is 512 g/mol. The van der Waals surface area contributed by atoms with Gasteiger partial charge in [0.2, 0.25) is 0 Å². The van der Waals surface area contributed by atoms with Crippen LogP contribution in [0.25, 0.3) is 10.2 Å². The standard InChI is InChI=1S/C30H24N4O4S/c1-18-7-8-21(12-24(18)34-29(36)19-5-4-6-20(11-19)30(2,3)16-31)38-22-9-10-23-27(13-22)39-28(33-23)14-26(35)25-15-37-17-32-25/h4-13,15,17H,14H2,1-3H3,(H,34,36). The quantitative estimate of drug-likeness (QED) is 0.215. The minimum atomic E-state index is -0.702. The van der Waals surface area contributed by atoms with Gasteiger partial charge in [0.25, 0.3) is 5.91 Å². The van der Waals surface area contributed by atoms with Crippen molar-refractivity contribution < 1.29 is 18.7 Å². The molecule has 0 fully saturated rings. The second kappa shape index (κ2) is 10.5. The van der Waals surface area contributed by atoms with Crippen LogP contribution in [0.3, 0.4) is 0 Å². The van der Waals surface area contributed by atoms with Crippen molar-refractivity contribution in [1.82, 2.24) is 9.97 Å². The summed E-state index contributed by atoms with van der Waals surface area (Å²) in [6.07, 6.45) is 2.69. The summed E-state index contributed by atoms with van der Waals surface area (Å²) in [7, 11) is 0. The Kier molecular flexibility index (Phi) is 6.96. The molecule has 2 aromatic heterocycles. The fourth-order valence-electron chi connectivity index (χ4n) is 3.91. The van der Waals surface area contributed by atoms with Crippen LogP contribution in [0.4, 0.5) is 5.69 Å². The van der Waals surface area contributed by atoms with E-state index in [-0.39, 0.29) is 23.8 Å². The molecule has 0 saturated heterocycles. The van der Waals surface area contributed by atoms with E-state index in [1.54, 1.807) is 24.3 Å². The molecule has 1 N–H and O–H groups in total. The molecule has 5 aromatic rings. The van der Waals surface area contributed by atoms with Crippen molar-refractivity contribution in [3.05, 3.63) is 101 Å². The summed E-state index contributed by atoms with van der Waals surface area (Å²) >= 11 is 1.42. The number of ketones is 1. The highest BCUT2D eigenvalue weighted by Crippen LogP contribution is 2.32. The molecule has 194 valence electrons. The van der Waals surface area contributed by atoms with Gasteiger partial charge >= 0.3 is 0 Å². The van der Waals surface area contributed by atoms with Crippen LogP contribution >= 0.6 is 11.3 Å². The van der Waals surface area contributed by atoms with Crippen LogP contribution in [0.5, 0.6) is 11.5 Å². The van der Waals surface area contributed by atoms with Gasteiger partial charge in [-0.2, -0.15) is 5.26 Å². The van der Waals surface area contributed by atoms with Gasteiger partial charge in [0.05, 0.1) is 28.1 Å². The Bertz CT molecular complexity index is 1730. The van der Waals surface area contributed by atoms with E-state index >= 15 is 0 Å². The third kappa shape index (κ3) is 5.71. The SMILES string of the molecule is Cc1ccc(Oc2ccc3nc(CC(=O)c4cocn4)sc3c2)cc1NC(=O)c1cccc(C(C)(C)C#N)c1. The molecule has 5 rings (SSSR count). The summed E-state index contributed by atoms with van der Waals surface area (Å²) in [4.78, 5) is 33.8. The zero-order chi connectivity index (χ0) is 27.6. The molecule has 0 unspecified atom stereocenters. The summed E-state index contributed by atoms with van der Waals surface area (Å²) in [5.74, 6) is 0.729. The highest BCUT2D eigenvalue weighted by atomic mass is 32.1. The van der Waals surface area contributed by atoms with E-state index in [9.17, 15) is 14.9 Å². The van der Waals surface area contributed by atoms with Gasteiger partial charge in [-0.3, -0.25) is 9.59 Å². The highest BCUT2D eigenvalue weighted by Gasteiger charge is 2.21. The predicted octanol–water partition coefficient (Wildman–Crippen LogP) is 6.86. The van der Waals surface area contributed by atoms with E-state index in [4.69, 9.17) is 9.15 Å². The molecule has 8 nitrogen and oxygen atoms in total. The fourth-order valence-corrected chi connectivity index (χ4v) is 4.91. The molecule has 0 aliphatic heterocycles. The Labute approximate surface area is 228 Å². The number of nitrogens with zero attached hydrogens (tertiary/aromatic N) is 3. The first-order chi connectivity index (χ1) is 18.7. The van der Waals surface area contributed by atoms with Gasteiger partial charge < -0.3 is 14.5 Å². The van der Waals surface area contributed by atoms with E-state index in [0.29, 0.717) is 27.8 Å². The second-order valence-electron chi connectivity index (χ2n) is 9.56. The van der Waals surface area contributed by atoms with Crippen molar-refractivity contribution in [2.75, 3.05) is 5.32 Å². The first-order valence-corrected chi connectivity index (χ1v) is 13.0. The van der Waals surface area contributed by atoms with E-state index in [0.717, 1.165) is 21.3 Å². The Balaban J connectivity index is 1.31. The van der Waals surface area contributed by atoms with Crippen molar-refractivity contribution in [3.8, 4) is 17.6 Å².